The topological polar surface area (TPSA) is 60.2 Å². The summed E-state index contributed by atoms with van der Waals surface area (Å²) in [7, 11) is -3.59. The van der Waals surface area contributed by atoms with Gasteiger partial charge in [-0.3, -0.25) is 0 Å². The van der Waals surface area contributed by atoms with Gasteiger partial charge in [0, 0.05) is 5.56 Å². The largest absolute Gasteiger partial charge is 0.360 e. The number of nitrogens with zero attached hydrogens (tertiary/aromatic N) is 1. The van der Waals surface area contributed by atoms with Gasteiger partial charge in [0.2, 0.25) is 0 Å². The van der Waals surface area contributed by atoms with Crippen LogP contribution in [0.3, 0.4) is 0 Å². The number of halogens is 1. The van der Waals surface area contributed by atoms with E-state index in [1.165, 1.54) is 12.1 Å². The summed E-state index contributed by atoms with van der Waals surface area (Å²) >= 11 is 0. The molecular formula is C18H16FNO3S. The molecule has 2 aromatic carbocycles. The van der Waals surface area contributed by atoms with Crippen molar-refractivity contribution in [2.75, 3.05) is 12.4 Å². The Morgan fingerprint density at radius 2 is 1.67 bits per heavy atom. The van der Waals surface area contributed by atoms with Gasteiger partial charge < -0.3 is 4.52 Å². The van der Waals surface area contributed by atoms with Crippen LogP contribution in [0, 0.1) is 6.92 Å². The van der Waals surface area contributed by atoms with Crippen molar-refractivity contribution in [2.24, 2.45) is 0 Å². The Labute approximate surface area is 139 Å². The van der Waals surface area contributed by atoms with Crippen molar-refractivity contribution in [3.05, 3.63) is 60.4 Å². The third-order valence-corrected chi connectivity index (χ3v) is 5.44. The molecule has 0 bridgehead atoms. The zero-order chi connectivity index (χ0) is 17.2. The lowest BCUT2D eigenvalue weighted by Gasteiger charge is -2.05. The Morgan fingerprint density at radius 1 is 1.00 bits per heavy atom. The summed E-state index contributed by atoms with van der Waals surface area (Å²) in [5.74, 6) is 0.176. The van der Waals surface area contributed by atoms with Crippen LogP contribution in [-0.2, 0) is 9.84 Å². The summed E-state index contributed by atoms with van der Waals surface area (Å²) in [4.78, 5) is 0.102. The molecule has 0 atom stereocenters. The second-order valence-electron chi connectivity index (χ2n) is 5.36. The maximum atomic E-state index is 12.4. The third kappa shape index (κ3) is 3.10. The van der Waals surface area contributed by atoms with E-state index in [0.717, 1.165) is 16.7 Å². The summed E-state index contributed by atoms with van der Waals surface area (Å²) in [6, 6.07) is 16.0. The first-order chi connectivity index (χ1) is 11.5. The van der Waals surface area contributed by atoms with Crippen molar-refractivity contribution in [1.29, 1.82) is 0 Å². The fraction of sp³-hybridized carbons (Fsp3) is 0.167. The number of aromatic nitrogens is 1. The lowest BCUT2D eigenvalue weighted by Crippen LogP contribution is -2.07. The molecule has 0 spiro atoms. The maximum absolute atomic E-state index is 12.4. The third-order valence-electron chi connectivity index (χ3n) is 3.76. The fourth-order valence-corrected chi connectivity index (χ4v) is 3.54. The highest BCUT2D eigenvalue weighted by atomic mass is 32.2. The van der Waals surface area contributed by atoms with Gasteiger partial charge in [-0.05, 0) is 24.6 Å². The smallest absolute Gasteiger partial charge is 0.180 e. The minimum absolute atomic E-state index is 0.102. The second kappa shape index (κ2) is 6.57. The average Bonchev–Trinajstić information content (AvgIpc) is 2.97. The van der Waals surface area contributed by atoms with Crippen molar-refractivity contribution in [1.82, 2.24) is 5.16 Å². The Morgan fingerprint density at radius 3 is 2.29 bits per heavy atom. The molecule has 6 heteroatoms. The van der Waals surface area contributed by atoms with Gasteiger partial charge in [0.05, 0.1) is 16.2 Å². The van der Waals surface area contributed by atoms with Gasteiger partial charge in [0.1, 0.15) is 18.1 Å². The lowest BCUT2D eigenvalue weighted by atomic mass is 10.00. The molecule has 0 fully saturated rings. The van der Waals surface area contributed by atoms with E-state index in [-0.39, 0.29) is 4.90 Å². The molecule has 0 radical (unpaired) electrons. The van der Waals surface area contributed by atoms with E-state index >= 15 is 0 Å². The Balaban J connectivity index is 2.03. The van der Waals surface area contributed by atoms with Gasteiger partial charge in [-0.2, -0.15) is 0 Å². The molecule has 0 saturated heterocycles. The van der Waals surface area contributed by atoms with Crippen molar-refractivity contribution < 1.29 is 17.3 Å². The van der Waals surface area contributed by atoms with Crippen molar-refractivity contribution >= 4 is 9.84 Å². The van der Waals surface area contributed by atoms with E-state index in [9.17, 15) is 12.8 Å². The first-order valence-electron chi connectivity index (χ1n) is 7.44. The molecule has 1 heterocycles. The van der Waals surface area contributed by atoms with E-state index in [1.807, 2.05) is 37.3 Å². The predicted octanol–water partition coefficient (Wildman–Crippen LogP) is 4.06. The normalized spacial score (nSPS) is 11.6. The molecule has 0 aliphatic rings. The summed E-state index contributed by atoms with van der Waals surface area (Å²) in [5, 5.41) is 4.11. The second-order valence-corrected chi connectivity index (χ2v) is 7.47. The van der Waals surface area contributed by atoms with Gasteiger partial charge in [0.25, 0.3) is 0 Å². The Kier molecular flexibility index (Phi) is 4.49. The minimum Gasteiger partial charge on any atom is -0.360 e. The van der Waals surface area contributed by atoms with E-state index < -0.39 is 22.3 Å². The van der Waals surface area contributed by atoms with Crippen LogP contribution in [0.5, 0.6) is 0 Å². The average molecular weight is 344 g/mol. The molecule has 0 unspecified atom stereocenters. The van der Waals surface area contributed by atoms with Crippen molar-refractivity contribution in [3.63, 3.8) is 0 Å². The first kappa shape index (κ1) is 16.4. The van der Waals surface area contributed by atoms with Crippen LogP contribution in [0.25, 0.3) is 22.4 Å². The number of hydrogen-bond donors (Lipinski definition) is 0. The molecule has 0 amide bonds. The first-order valence-corrected chi connectivity index (χ1v) is 9.09. The Bertz CT molecular complexity index is 932. The van der Waals surface area contributed by atoms with E-state index in [1.54, 1.807) is 12.1 Å². The molecule has 24 heavy (non-hydrogen) atoms. The predicted molar refractivity (Wildman–Crippen MR) is 90.1 cm³/mol. The van der Waals surface area contributed by atoms with Crippen LogP contribution in [0.4, 0.5) is 4.39 Å². The zero-order valence-corrected chi connectivity index (χ0v) is 13.9. The summed E-state index contributed by atoms with van der Waals surface area (Å²) in [5.41, 5.74) is 3.23. The van der Waals surface area contributed by atoms with Crippen molar-refractivity contribution in [3.8, 4) is 22.4 Å². The van der Waals surface area contributed by atoms with Gasteiger partial charge in [-0.15, -0.1) is 0 Å². The molecule has 0 saturated carbocycles. The highest BCUT2D eigenvalue weighted by Crippen LogP contribution is 2.34. The van der Waals surface area contributed by atoms with Gasteiger partial charge in [-0.1, -0.05) is 47.6 Å². The molecule has 0 N–H and O–H groups in total. The molecule has 0 aliphatic carbocycles. The zero-order valence-electron chi connectivity index (χ0n) is 13.1. The highest BCUT2D eigenvalue weighted by Gasteiger charge is 2.18. The number of sulfone groups is 1. The standard InChI is InChI=1S/C18H16FNO3S/c1-13-17(14-5-3-2-4-6-14)18(20-23-13)15-7-9-16(10-8-15)24(21,22)12-11-19/h2-10H,11-12H2,1H3/i19-1. The number of benzene rings is 2. The summed E-state index contributed by atoms with van der Waals surface area (Å²) in [6.07, 6.45) is 0. The molecule has 4 nitrogen and oxygen atoms in total. The van der Waals surface area contributed by atoms with Crippen LogP contribution in [-0.4, -0.2) is 26.0 Å². The molecule has 124 valence electrons. The highest BCUT2D eigenvalue weighted by molar-refractivity contribution is 7.91. The molecule has 0 aliphatic heterocycles. The van der Waals surface area contributed by atoms with E-state index in [2.05, 4.69) is 5.16 Å². The minimum atomic E-state index is -3.59. The molecule has 3 aromatic rings. The van der Waals surface area contributed by atoms with Crippen LogP contribution in [0.15, 0.2) is 64.0 Å². The number of rotatable bonds is 5. The van der Waals surface area contributed by atoms with E-state index in [0.29, 0.717) is 11.5 Å². The van der Waals surface area contributed by atoms with Crippen LogP contribution in [0.1, 0.15) is 5.76 Å². The summed E-state index contributed by atoms with van der Waals surface area (Å²) < 4.78 is 41.5. The Hall–Kier alpha value is -2.47. The van der Waals surface area contributed by atoms with Gasteiger partial charge in [-0.25, -0.2) is 12.8 Å². The molecular weight excluding hydrogens is 328 g/mol. The fourth-order valence-electron chi connectivity index (χ4n) is 2.55. The van der Waals surface area contributed by atoms with Crippen LogP contribution < -0.4 is 0 Å². The maximum Gasteiger partial charge on any atom is 0.180 e. The number of hydrogen-bond acceptors (Lipinski definition) is 4. The van der Waals surface area contributed by atoms with Gasteiger partial charge in [0.15, 0.2) is 9.84 Å². The van der Waals surface area contributed by atoms with Gasteiger partial charge >= 0.3 is 0 Å². The quantitative estimate of drug-likeness (QED) is 0.700. The molecule has 1 aromatic heterocycles. The SMILES string of the molecule is Cc1onc(-c2ccc(S(=O)(=O)CC[18F])cc2)c1-c1ccccc1. The number of alkyl halides is 1. The monoisotopic (exact) mass is 344 g/mol. The van der Waals surface area contributed by atoms with Crippen LogP contribution >= 0.6 is 0 Å². The molecule has 3 rings (SSSR count). The van der Waals surface area contributed by atoms with E-state index in [4.69, 9.17) is 4.52 Å². The summed E-state index contributed by atoms with van der Waals surface area (Å²) in [6.45, 7) is 0.934. The number of aryl methyl sites for hydroxylation is 1. The van der Waals surface area contributed by atoms with Crippen LogP contribution in [0.2, 0.25) is 0 Å². The lowest BCUT2D eigenvalue weighted by molar-refractivity contribution is 0.400. The van der Waals surface area contributed by atoms with Crippen molar-refractivity contribution in [2.45, 2.75) is 11.8 Å².